The maximum absolute atomic E-state index is 10.3. The van der Waals surface area contributed by atoms with Crippen LogP contribution < -0.4 is 0 Å². The Hall–Kier alpha value is -0.470. The fraction of sp³-hybridized carbons (Fsp3) is 0.286. The summed E-state index contributed by atoms with van der Waals surface area (Å²) in [5, 5.41) is 9.05. The molecule has 0 atom stereocenters. The third-order valence-electron chi connectivity index (χ3n) is 1.36. The van der Waals surface area contributed by atoms with Gasteiger partial charge in [0.1, 0.15) is 10.1 Å². The fourth-order valence-corrected chi connectivity index (χ4v) is 1.19. The van der Waals surface area contributed by atoms with E-state index in [1.54, 1.807) is 0 Å². The highest BCUT2D eigenvalue weighted by atomic mass is 35.5. The maximum atomic E-state index is 10.3. The van der Waals surface area contributed by atoms with Gasteiger partial charge in [0.2, 0.25) is 0 Å². The first kappa shape index (κ1) is 8.62. The topological polar surface area (TPSA) is 37.3 Å². The van der Waals surface area contributed by atoms with Crippen molar-refractivity contribution in [1.82, 2.24) is 0 Å². The summed E-state index contributed by atoms with van der Waals surface area (Å²) in [5.41, 5.74) is 0.140. The van der Waals surface area contributed by atoms with E-state index in [9.17, 15) is 4.79 Å². The smallest absolute Gasteiger partial charge is 0.153 e. The van der Waals surface area contributed by atoms with E-state index < -0.39 is 4.33 Å². The van der Waals surface area contributed by atoms with Gasteiger partial charge < -0.3 is 5.11 Å². The van der Waals surface area contributed by atoms with E-state index >= 15 is 0 Å². The molecule has 0 spiro atoms. The van der Waals surface area contributed by atoms with Gasteiger partial charge in [0, 0.05) is 6.42 Å². The molecule has 0 heterocycles. The first-order chi connectivity index (χ1) is 5.05. The van der Waals surface area contributed by atoms with Crippen LogP contribution in [0.15, 0.2) is 23.5 Å². The summed E-state index contributed by atoms with van der Waals surface area (Å²) in [6.07, 6.45) is 3.59. The van der Waals surface area contributed by atoms with Crippen molar-refractivity contribution in [2.75, 3.05) is 0 Å². The monoisotopic (exact) mass is 192 g/mol. The maximum Gasteiger partial charge on any atom is 0.153 e. The number of carbonyl (C=O) groups is 1. The number of alkyl halides is 2. The summed E-state index contributed by atoms with van der Waals surface area (Å²) >= 11 is 11.4. The lowest BCUT2D eigenvalue weighted by atomic mass is 10.1. The Kier molecular flexibility index (Phi) is 2.25. The number of rotatable bonds is 1. The molecule has 1 rings (SSSR count). The van der Waals surface area contributed by atoms with Crippen LogP contribution in [-0.4, -0.2) is 15.7 Å². The van der Waals surface area contributed by atoms with Crippen LogP contribution in [0.2, 0.25) is 0 Å². The van der Waals surface area contributed by atoms with E-state index in [0.717, 1.165) is 0 Å². The molecule has 0 amide bonds. The average Bonchev–Trinajstić information content (AvgIpc) is 1.94. The van der Waals surface area contributed by atoms with Gasteiger partial charge in [-0.2, -0.15) is 0 Å². The van der Waals surface area contributed by atoms with Gasteiger partial charge in [0.15, 0.2) is 6.29 Å². The molecule has 11 heavy (non-hydrogen) atoms. The van der Waals surface area contributed by atoms with Crippen LogP contribution in [0.5, 0.6) is 0 Å². The largest absolute Gasteiger partial charge is 0.508 e. The van der Waals surface area contributed by atoms with Crippen molar-refractivity contribution in [3.05, 3.63) is 23.5 Å². The molecular formula is C7H6Cl2O2. The number of halogens is 2. The van der Waals surface area contributed by atoms with Crippen LogP contribution in [0.3, 0.4) is 0 Å². The molecular weight excluding hydrogens is 187 g/mol. The molecule has 0 aromatic heterocycles. The van der Waals surface area contributed by atoms with Crippen molar-refractivity contribution >= 4 is 29.5 Å². The van der Waals surface area contributed by atoms with Crippen molar-refractivity contribution in [2.45, 2.75) is 10.8 Å². The Balaban J connectivity index is 2.95. The highest BCUT2D eigenvalue weighted by molar-refractivity contribution is 6.50. The lowest BCUT2D eigenvalue weighted by Crippen LogP contribution is -2.14. The predicted molar refractivity (Wildman–Crippen MR) is 43.9 cm³/mol. The molecule has 0 saturated heterocycles. The standard InChI is InChI=1S/C7H6Cl2O2/c8-7(9)2-1-6(11)5(3-7)4-10/h1,3-4,11H,2H2. The number of aliphatic hydroxyl groups excluding tert-OH is 1. The van der Waals surface area contributed by atoms with E-state index in [-0.39, 0.29) is 11.3 Å². The molecule has 0 unspecified atom stereocenters. The molecule has 0 fully saturated rings. The van der Waals surface area contributed by atoms with Crippen LogP contribution in [0, 0.1) is 0 Å². The molecule has 1 N–H and O–H groups in total. The Bertz CT molecular complexity index is 241. The first-order valence-corrected chi connectivity index (χ1v) is 3.76. The van der Waals surface area contributed by atoms with Gasteiger partial charge in [-0.05, 0) is 12.2 Å². The number of hydrogen-bond acceptors (Lipinski definition) is 2. The number of aldehydes is 1. The second kappa shape index (κ2) is 2.88. The van der Waals surface area contributed by atoms with Crippen molar-refractivity contribution in [3.8, 4) is 0 Å². The summed E-state index contributed by atoms with van der Waals surface area (Å²) in [4.78, 5) is 10.3. The Labute approximate surface area is 74.1 Å². The Morgan fingerprint density at radius 2 is 2.27 bits per heavy atom. The number of hydrogen-bond donors (Lipinski definition) is 1. The third-order valence-corrected chi connectivity index (χ3v) is 1.88. The number of allylic oxidation sites excluding steroid dienone is 3. The second-order valence-corrected chi connectivity index (χ2v) is 3.81. The Morgan fingerprint density at radius 3 is 2.73 bits per heavy atom. The van der Waals surface area contributed by atoms with E-state index in [2.05, 4.69) is 0 Å². The molecule has 2 nitrogen and oxygen atoms in total. The van der Waals surface area contributed by atoms with Crippen molar-refractivity contribution in [1.29, 1.82) is 0 Å². The highest BCUT2D eigenvalue weighted by Crippen LogP contribution is 2.33. The third kappa shape index (κ3) is 1.98. The summed E-state index contributed by atoms with van der Waals surface area (Å²) in [7, 11) is 0. The van der Waals surface area contributed by atoms with E-state index in [0.29, 0.717) is 12.7 Å². The lowest BCUT2D eigenvalue weighted by Gasteiger charge is -2.17. The SMILES string of the molecule is O=CC1=CC(Cl)(Cl)CC=C1O. The zero-order chi connectivity index (χ0) is 8.48. The Morgan fingerprint density at radius 1 is 1.64 bits per heavy atom. The summed E-state index contributed by atoms with van der Waals surface area (Å²) in [5.74, 6) is -0.0584. The van der Waals surface area contributed by atoms with Crippen LogP contribution in [0.4, 0.5) is 0 Å². The number of carbonyl (C=O) groups excluding carboxylic acids is 1. The van der Waals surface area contributed by atoms with Gasteiger partial charge >= 0.3 is 0 Å². The molecule has 4 heteroatoms. The fourth-order valence-electron chi connectivity index (χ4n) is 0.805. The minimum absolute atomic E-state index is 0.0584. The van der Waals surface area contributed by atoms with Gasteiger partial charge in [-0.1, -0.05) is 23.2 Å². The highest BCUT2D eigenvalue weighted by Gasteiger charge is 2.25. The summed E-state index contributed by atoms with van der Waals surface area (Å²) in [6, 6.07) is 0. The van der Waals surface area contributed by atoms with Crippen LogP contribution in [-0.2, 0) is 4.79 Å². The van der Waals surface area contributed by atoms with Crippen LogP contribution >= 0.6 is 23.2 Å². The predicted octanol–water partition coefficient (Wildman–Crippen LogP) is 2.13. The summed E-state index contributed by atoms with van der Waals surface area (Å²) < 4.78 is -1.05. The lowest BCUT2D eigenvalue weighted by molar-refractivity contribution is -0.104. The molecule has 0 aliphatic heterocycles. The van der Waals surface area contributed by atoms with Crippen LogP contribution in [0.1, 0.15) is 6.42 Å². The summed E-state index contributed by atoms with van der Waals surface area (Å²) in [6.45, 7) is 0. The molecule has 1 aliphatic carbocycles. The van der Waals surface area contributed by atoms with Crippen molar-refractivity contribution in [3.63, 3.8) is 0 Å². The molecule has 0 radical (unpaired) electrons. The quantitative estimate of drug-likeness (QED) is 0.511. The average molecular weight is 193 g/mol. The van der Waals surface area contributed by atoms with Gasteiger partial charge in [-0.25, -0.2) is 0 Å². The zero-order valence-corrected chi connectivity index (χ0v) is 7.06. The molecule has 0 bridgehead atoms. The minimum Gasteiger partial charge on any atom is -0.508 e. The van der Waals surface area contributed by atoms with E-state index in [1.807, 2.05) is 0 Å². The second-order valence-electron chi connectivity index (χ2n) is 2.27. The van der Waals surface area contributed by atoms with E-state index in [1.165, 1.54) is 12.2 Å². The zero-order valence-electron chi connectivity index (χ0n) is 5.55. The van der Waals surface area contributed by atoms with Crippen molar-refractivity contribution in [2.24, 2.45) is 0 Å². The molecule has 0 aromatic rings. The van der Waals surface area contributed by atoms with Gasteiger partial charge in [0.25, 0.3) is 0 Å². The van der Waals surface area contributed by atoms with Crippen molar-refractivity contribution < 1.29 is 9.90 Å². The first-order valence-electron chi connectivity index (χ1n) is 3.00. The minimum atomic E-state index is -1.05. The molecule has 60 valence electrons. The van der Waals surface area contributed by atoms with Gasteiger partial charge in [-0.3, -0.25) is 4.79 Å². The normalized spacial score (nSPS) is 22.0. The van der Waals surface area contributed by atoms with Gasteiger partial charge in [-0.15, -0.1) is 0 Å². The van der Waals surface area contributed by atoms with Crippen LogP contribution in [0.25, 0.3) is 0 Å². The van der Waals surface area contributed by atoms with Gasteiger partial charge in [0.05, 0.1) is 5.57 Å². The van der Waals surface area contributed by atoms with E-state index in [4.69, 9.17) is 28.3 Å². The molecule has 0 saturated carbocycles. The molecule has 0 aromatic carbocycles. The molecule has 1 aliphatic rings. The number of aliphatic hydroxyl groups is 1.